The summed E-state index contributed by atoms with van der Waals surface area (Å²) in [6.07, 6.45) is 2.32. The molecule has 1 aromatic carbocycles. The number of thiazole rings is 1. The van der Waals surface area contributed by atoms with Gasteiger partial charge in [-0.05, 0) is 37.5 Å². The van der Waals surface area contributed by atoms with Crippen molar-refractivity contribution in [2.45, 2.75) is 25.2 Å². The number of aryl methyl sites for hydroxylation is 1. The van der Waals surface area contributed by atoms with Crippen LogP contribution in [0.5, 0.6) is 11.5 Å². The van der Waals surface area contributed by atoms with Gasteiger partial charge < -0.3 is 15.3 Å². The Labute approximate surface area is 119 Å². The lowest BCUT2D eigenvalue weighted by molar-refractivity contribution is -0.139. The number of hydrogen-bond acceptors (Lipinski definition) is 5. The lowest BCUT2D eigenvalue weighted by atomic mass is 9.91. The molecule has 0 saturated heterocycles. The van der Waals surface area contributed by atoms with E-state index in [-0.39, 0.29) is 11.5 Å². The first kappa shape index (κ1) is 12.9. The molecule has 1 heterocycles. The van der Waals surface area contributed by atoms with E-state index in [1.807, 2.05) is 0 Å². The number of aromatic nitrogens is 1. The molecule has 1 unspecified atom stereocenters. The van der Waals surface area contributed by atoms with Crippen LogP contribution in [-0.4, -0.2) is 26.3 Å². The third-order valence-electron chi connectivity index (χ3n) is 3.47. The molecule has 1 atom stereocenters. The number of phenols is 2. The van der Waals surface area contributed by atoms with Gasteiger partial charge in [-0.15, -0.1) is 11.3 Å². The molecule has 2 aromatic rings. The SMILES string of the molecule is O=C(O)C1CCCc2sc(-c3ccc(O)c(O)c3)nc21. The fourth-order valence-corrected chi connectivity index (χ4v) is 3.60. The molecular weight excluding hydrogens is 278 g/mol. The monoisotopic (exact) mass is 291 g/mol. The molecule has 104 valence electrons. The van der Waals surface area contributed by atoms with E-state index in [0.717, 1.165) is 17.7 Å². The summed E-state index contributed by atoms with van der Waals surface area (Å²) < 4.78 is 0. The van der Waals surface area contributed by atoms with E-state index in [1.165, 1.54) is 23.5 Å². The Hall–Kier alpha value is -2.08. The molecule has 5 nitrogen and oxygen atoms in total. The predicted octanol–water partition coefficient (Wildman–Crippen LogP) is 2.73. The molecule has 6 heteroatoms. The molecule has 1 aliphatic carbocycles. The molecule has 0 amide bonds. The lowest BCUT2D eigenvalue weighted by Gasteiger charge is -2.16. The molecule has 0 fully saturated rings. The topological polar surface area (TPSA) is 90.7 Å². The minimum atomic E-state index is -0.837. The van der Waals surface area contributed by atoms with E-state index in [0.29, 0.717) is 22.7 Å². The Bertz CT molecular complexity index is 680. The normalized spacial score (nSPS) is 17.7. The number of hydrogen-bond donors (Lipinski definition) is 3. The van der Waals surface area contributed by atoms with Crippen molar-refractivity contribution in [3.05, 3.63) is 28.8 Å². The maximum atomic E-state index is 11.3. The number of fused-ring (bicyclic) bond motifs is 1. The van der Waals surface area contributed by atoms with Crippen molar-refractivity contribution in [3.8, 4) is 22.1 Å². The second-order valence-corrected chi connectivity index (χ2v) is 5.90. The summed E-state index contributed by atoms with van der Waals surface area (Å²) in [6, 6.07) is 4.50. The minimum Gasteiger partial charge on any atom is -0.504 e. The fraction of sp³-hybridized carbons (Fsp3) is 0.286. The zero-order chi connectivity index (χ0) is 14.3. The summed E-state index contributed by atoms with van der Waals surface area (Å²) >= 11 is 1.46. The molecule has 0 saturated carbocycles. The van der Waals surface area contributed by atoms with Gasteiger partial charge in [0, 0.05) is 10.4 Å². The van der Waals surface area contributed by atoms with Crippen LogP contribution in [0, 0.1) is 0 Å². The average molecular weight is 291 g/mol. The molecule has 0 bridgehead atoms. The minimum absolute atomic E-state index is 0.182. The molecular formula is C14H13NO4S. The van der Waals surface area contributed by atoms with Crippen LogP contribution in [-0.2, 0) is 11.2 Å². The maximum Gasteiger partial charge on any atom is 0.312 e. The summed E-state index contributed by atoms with van der Waals surface area (Å²) in [6.45, 7) is 0. The summed E-state index contributed by atoms with van der Waals surface area (Å²) in [5, 5.41) is 28.8. The molecule has 1 aliphatic rings. The van der Waals surface area contributed by atoms with Gasteiger partial charge in [-0.3, -0.25) is 4.79 Å². The standard InChI is InChI=1S/C14H13NO4S/c16-9-5-4-7(6-10(9)17)13-15-12-8(14(18)19)2-1-3-11(12)20-13/h4-6,8,16-17H,1-3H2,(H,18,19). The van der Waals surface area contributed by atoms with Crippen LogP contribution in [0.4, 0.5) is 0 Å². The van der Waals surface area contributed by atoms with Gasteiger partial charge in [-0.25, -0.2) is 4.98 Å². The van der Waals surface area contributed by atoms with Gasteiger partial charge in [0.25, 0.3) is 0 Å². The van der Waals surface area contributed by atoms with Crippen LogP contribution in [0.2, 0.25) is 0 Å². The number of benzene rings is 1. The maximum absolute atomic E-state index is 11.3. The van der Waals surface area contributed by atoms with Crippen molar-refractivity contribution in [2.24, 2.45) is 0 Å². The summed E-state index contributed by atoms with van der Waals surface area (Å²) in [5.74, 6) is -1.75. The quantitative estimate of drug-likeness (QED) is 0.740. The van der Waals surface area contributed by atoms with Crippen molar-refractivity contribution in [2.75, 3.05) is 0 Å². The van der Waals surface area contributed by atoms with Crippen LogP contribution >= 0.6 is 11.3 Å². The van der Waals surface area contributed by atoms with Crippen LogP contribution in [0.1, 0.15) is 29.3 Å². The number of aromatic hydroxyl groups is 2. The van der Waals surface area contributed by atoms with Crippen molar-refractivity contribution < 1.29 is 20.1 Å². The highest BCUT2D eigenvalue weighted by Crippen LogP contribution is 2.39. The highest BCUT2D eigenvalue weighted by molar-refractivity contribution is 7.15. The summed E-state index contributed by atoms with van der Waals surface area (Å²) in [4.78, 5) is 16.7. The van der Waals surface area contributed by atoms with Crippen molar-refractivity contribution in [3.63, 3.8) is 0 Å². The number of nitrogens with zero attached hydrogens (tertiary/aromatic N) is 1. The molecule has 0 aliphatic heterocycles. The second-order valence-electron chi connectivity index (χ2n) is 4.81. The van der Waals surface area contributed by atoms with Gasteiger partial charge in [0.2, 0.25) is 0 Å². The highest BCUT2D eigenvalue weighted by Gasteiger charge is 2.30. The third-order valence-corrected chi connectivity index (χ3v) is 4.65. The van der Waals surface area contributed by atoms with Gasteiger partial charge >= 0.3 is 5.97 Å². The Morgan fingerprint density at radius 1 is 1.30 bits per heavy atom. The first-order chi connectivity index (χ1) is 9.56. The lowest BCUT2D eigenvalue weighted by Crippen LogP contribution is -2.17. The number of phenolic OH excluding ortho intramolecular Hbond substituents is 2. The van der Waals surface area contributed by atoms with Crippen molar-refractivity contribution >= 4 is 17.3 Å². The van der Waals surface area contributed by atoms with Crippen LogP contribution < -0.4 is 0 Å². The van der Waals surface area contributed by atoms with E-state index < -0.39 is 11.9 Å². The Kier molecular flexibility index (Phi) is 3.10. The molecule has 0 spiro atoms. The van der Waals surface area contributed by atoms with Crippen LogP contribution in [0.15, 0.2) is 18.2 Å². The molecule has 20 heavy (non-hydrogen) atoms. The number of carbonyl (C=O) groups is 1. The van der Waals surface area contributed by atoms with Crippen molar-refractivity contribution in [1.29, 1.82) is 0 Å². The number of carboxylic acids is 1. The van der Waals surface area contributed by atoms with Gasteiger partial charge in [0.15, 0.2) is 11.5 Å². The largest absolute Gasteiger partial charge is 0.504 e. The molecule has 0 radical (unpaired) electrons. The summed E-state index contributed by atoms with van der Waals surface area (Å²) in [7, 11) is 0. The Morgan fingerprint density at radius 2 is 2.10 bits per heavy atom. The zero-order valence-corrected chi connectivity index (χ0v) is 11.4. The molecule has 3 rings (SSSR count). The van der Waals surface area contributed by atoms with Gasteiger partial charge in [0.1, 0.15) is 5.01 Å². The first-order valence-corrected chi connectivity index (χ1v) is 7.12. The fourth-order valence-electron chi connectivity index (χ4n) is 2.44. The second kappa shape index (κ2) is 4.79. The Morgan fingerprint density at radius 3 is 2.80 bits per heavy atom. The van der Waals surface area contributed by atoms with E-state index >= 15 is 0 Å². The zero-order valence-electron chi connectivity index (χ0n) is 10.5. The smallest absolute Gasteiger partial charge is 0.312 e. The average Bonchev–Trinajstić information content (AvgIpc) is 2.85. The van der Waals surface area contributed by atoms with E-state index in [1.54, 1.807) is 6.07 Å². The van der Waals surface area contributed by atoms with Crippen LogP contribution in [0.3, 0.4) is 0 Å². The van der Waals surface area contributed by atoms with E-state index in [4.69, 9.17) is 0 Å². The van der Waals surface area contributed by atoms with E-state index in [9.17, 15) is 20.1 Å². The van der Waals surface area contributed by atoms with Crippen LogP contribution in [0.25, 0.3) is 10.6 Å². The third kappa shape index (κ3) is 2.12. The van der Waals surface area contributed by atoms with Gasteiger partial charge in [-0.1, -0.05) is 0 Å². The van der Waals surface area contributed by atoms with E-state index in [2.05, 4.69) is 4.98 Å². The summed E-state index contributed by atoms with van der Waals surface area (Å²) in [5.41, 5.74) is 1.33. The van der Waals surface area contributed by atoms with Crippen molar-refractivity contribution in [1.82, 2.24) is 4.98 Å². The molecule has 3 N–H and O–H groups in total. The first-order valence-electron chi connectivity index (χ1n) is 6.31. The number of aliphatic carboxylic acids is 1. The number of rotatable bonds is 2. The molecule has 1 aromatic heterocycles. The number of carboxylic acid groups (broad SMARTS) is 1. The Balaban J connectivity index is 2.04. The van der Waals surface area contributed by atoms with Gasteiger partial charge in [-0.2, -0.15) is 0 Å². The predicted molar refractivity (Wildman–Crippen MR) is 74.2 cm³/mol. The van der Waals surface area contributed by atoms with Gasteiger partial charge in [0.05, 0.1) is 11.6 Å². The highest BCUT2D eigenvalue weighted by atomic mass is 32.1.